The Kier molecular flexibility index (Phi) is 5.58. The first-order valence-corrected chi connectivity index (χ1v) is 5.74. The number of aryl methyl sites for hydroxylation is 1. The van der Waals surface area contributed by atoms with Gasteiger partial charge in [0.15, 0.2) is 0 Å². The molecule has 1 heterocycles. The van der Waals surface area contributed by atoms with Gasteiger partial charge in [-0.1, -0.05) is 24.9 Å². The molecule has 1 aromatic heterocycles. The Labute approximate surface area is 95.8 Å². The van der Waals surface area contributed by atoms with E-state index in [2.05, 4.69) is 16.9 Å². The van der Waals surface area contributed by atoms with Gasteiger partial charge in [0.2, 0.25) is 0 Å². The maximum Gasteiger partial charge on any atom is 0.133 e. The molecule has 0 amide bonds. The van der Waals surface area contributed by atoms with Crippen LogP contribution in [-0.4, -0.2) is 23.2 Å². The summed E-state index contributed by atoms with van der Waals surface area (Å²) in [5, 5.41) is 0.528. The van der Waals surface area contributed by atoms with Gasteiger partial charge < -0.3 is 4.74 Å². The molecule has 3 nitrogen and oxygen atoms in total. The van der Waals surface area contributed by atoms with Crippen molar-refractivity contribution in [3.8, 4) is 0 Å². The molecule has 0 atom stereocenters. The van der Waals surface area contributed by atoms with Crippen molar-refractivity contribution in [3.63, 3.8) is 0 Å². The van der Waals surface area contributed by atoms with E-state index in [0.717, 1.165) is 37.4 Å². The first-order valence-electron chi connectivity index (χ1n) is 5.36. The molecule has 15 heavy (non-hydrogen) atoms. The van der Waals surface area contributed by atoms with E-state index in [1.54, 1.807) is 0 Å². The molecule has 0 bridgehead atoms. The molecule has 0 spiro atoms. The van der Waals surface area contributed by atoms with Gasteiger partial charge >= 0.3 is 0 Å². The summed E-state index contributed by atoms with van der Waals surface area (Å²) in [7, 11) is 0. The molecular weight excluding hydrogens is 212 g/mol. The fourth-order valence-corrected chi connectivity index (χ4v) is 1.54. The Morgan fingerprint density at radius 2 is 2.07 bits per heavy atom. The Morgan fingerprint density at radius 3 is 2.73 bits per heavy atom. The van der Waals surface area contributed by atoms with E-state index in [1.807, 2.05) is 13.0 Å². The van der Waals surface area contributed by atoms with Gasteiger partial charge in [-0.05, 0) is 19.4 Å². The second-order valence-electron chi connectivity index (χ2n) is 3.30. The quantitative estimate of drug-likeness (QED) is 0.555. The van der Waals surface area contributed by atoms with Crippen molar-refractivity contribution < 1.29 is 4.74 Å². The smallest absolute Gasteiger partial charge is 0.133 e. The van der Waals surface area contributed by atoms with Gasteiger partial charge in [-0.2, -0.15) is 0 Å². The van der Waals surface area contributed by atoms with E-state index >= 15 is 0 Å². The summed E-state index contributed by atoms with van der Waals surface area (Å²) < 4.78 is 5.25. The van der Waals surface area contributed by atoms with Crippen LogP contribution in [0, 0.1) is 0 Å². The molecule has 0 aliphatic carbocycles. The number of rotatable bonds is 6. The first-order chi connectivity index (χ1) is 7.26. The number of ether oxygens (including phenoxy) is 1. The zero-order valence-electron chi connectivity index (χ0n) is 9.29. The van der Waals surface area contributed by atoms with Gasteiger partial charge in [0.1, 0.15) is 11.0 Å². The average Bonchev–Trinajstić information content (AvgIpc) is 2.18. The minimum absolute atomic E-state index is 0.528. The molecule has 0 radical (unpaired) electrons. The third-order valence-corrected chi connectivity index (χ3v) is 2.17. The van der Waals surface area contributed by atoms with Crippen molar-refractivity contribution in [3.05, 3.63) is 22.7 Å². The maximum atomic E-state index is 5.91. The monoisotopic (exact) mass is 228 g/mol. The zero-order chi connectivity index (χ0) is 11.1. The number of hydrogen-bond acceptors (Lipinski definition) is 3. The number of nitrogens with zero attached hydrogens (tertiary/aromatic N) is 2. The van der Waals surface area contributed by atoms with Crippen molar-refractivity contribution in [2.24, 2.45) is 0 Å². The molecule has 0 N–H and O–H groups in total. The highest BCUT2D eigenvalue weighted by Gasteiger charge is 2.02. The van der Waals surface area contributed by atoms with E-state index in [4.69, 9.17) is 16.3 Å². The number of aromatic nitrogens is 2. The fourth-order valence-electron chi connectivity index (χ4n) is 1.32. The van der Waals surface area contributed by atoms with Crippen LogP contribution >= 0.6 is 11.6 Å². The first kappa shape index (κ1) is 12.4. The van der Waals surface area contributed by atoms with Gasteiger partial charge in [0.25, 0.3) is 0 Å². The summed E-state index contributed by atoms with van der Waals surface area (Å²) in [6, 6.07) is 1.83. The lowest BCUT2D eigenvalue weighted by molar-refractivity contribution is 0.149. The van der Waals surface area contributed by atoms with Crippen LogP contribution in [0.4, 0.5) is 0 Å². The molecule has 0 unspecified atom stereocenters. The fraction of sp³-hybridized carbons (Fsp3) is 0.636. The molecule has 0 aliphatic heterocycles. The third kappa shape index (κ3) is 4.58. The third-order valence-electron chi connectivity index (χ3n) is 1.97. The standard InChI is InChI=1S/C11H17ClN2O/c1-3-5-9-8-10(12)14-11(13-9)6-7-15-4-2/h8H,3-7H2,1-2H3. The zero-order valence-corrected chi connectivity index (χ0v) is 10.0. The van der Waals surface area contributed by atoms with Crippen LogP contribution in [0.5, 0.6) is 0 Å². The lowest BCUT2D eigenvalue weighted by atomic mass is 10.2. The molecule has 0 aliphatic rings. The molecule has 0 aromatic carbocycles. The summed E-state index contributed by atoms with van der Waals surface area (Å²) >= 11 is 5.91. The van der Waals surface area contributed by atoms with Crippen LogP contribution in [-0.2, 0) is 17.6 Å². The molecule has 1 aromatic rings. The van der Waals surface area contributed by atoms with Crippen LogP contribution in [0.2, 0.25) is 5.15 Å². The molecular formula is C11H17ClN2O. The molecule has 84 valence electrons. The molecule has 0 saturated carbocycles. The van der Waals surface area contributed by atoms with Crippen molar-refractivity contribution >= 4 is 11.6 Å². The normalized spacial score (nSPS) is 10.6. The van der Waals surface area contributed by atoms with Gasteiger partial charge in [0, 0.05) is 18.7 Å². The summed E-state index contributed by atoms with van der Waals surface area (Å²) in [6.45, 7) is 5.47. The Hall–Kier alpha value is -0.670. The van der Waals surface area contributed by atoms with Gasteiger partial charge in [-0.25, -0.2) is 9.97 Å². The Morgan fingerprint density at radius 1 is 1.27 bits per heavy atom. The predicted molar refractivity (Wildman–Crippen MR) is 61.2 cm³/mol. The topological polar surface area (TPSA) is 35.0 Å². The summed E-state index contributed by atoms with van der Waals surface area (Å²) in [5.74, 6) is 0.777. The summed E-state index contributed by atoms with van der Waals surface area (Å²) in [4.78, 5) is 8.58. The van der Waals surface area contributed by atoms with Crippen LogP contribution in [0.25, 0.3) is 0 Å². The van der Waals surface area contributed by atoms with Crippen molar-refractivity contribution in [2.75, 3.05) is 13.2 Å². The van der Waals surface area contributed by atoms with Crippen molar-refractivity contribution in [1.29, 1.82) is 0 Å². The average molecular weight is 229 g/mol. The van der Waals surface area contributed by atoms with Crippen molar-refractivity contribution in [1.82, 2.24) is 9.97 Å². The molecule has 0 saturated heterocycles. The molecule has 0 fully saturated rings. The summed E-state index contributed by atoms with van der Waals surface area (Å²) in [6.07, 6.45) is 2.74. The minimum Gasteiger partial charge on any atom is -0.381 e. The molecule has 4 heteroatoms. The minimum atomic E-state index is 0.528. The van der Waals surface area contributed by atoms with Gasteiger partial charge in [-0.15, -0.1) is 0 Å². The highest BCUT2D eigenvalue weighted by atomic mass is 35.5. The Bertz CT molecular complexity index is 305. The highest BCUT2D eigenvalue weighted by Crippen LogP contribution is 2.09. The van der Waals surface area contributed by atoms with Crippen LogP contribution in [0.15, 0.2) is 6.07 Å². The van der Waals surface area contributed by atoms with Crippen LogP contribution < -0.4 is 0 Å². The van der Waals surface area contributed by atoms with Crippen LogP contribution in [0.1, 0.15) is 31.8 Å². The summed E-state index contributed by atoms with van der Waals surface area (Å²) in [5.41, 5.74) is 1.02. The van der Waals surface area contributed by atoms with Crippen molar-refractivity contribution in [2.45, 2.75) is 33.1 Å². The number of halogens is 1. The van der Waals surface area contributed by atoms with E-state index in [-0.39, 0.29) is 0 Å². The van der Waals surface area contributed by atoms with Gasteiger partial charge in [-0.3, -0.25) is 0 Å². The second kappa shape index (κ2) is 6.75. The number of hydrogen-bond donors (Lipinski definition) is 0. The van der Waals surface area contributed by atoms with Crippen LogP contribution in [0.3, 0.4) is 0 Å². The Balaban J connectivity index is 2.62. The maximum absolute atomic E-state index is 5.91. The van der Waals surface area contributed by atoms with Gasteiger partial charge in [0.05, 0.1) is 6.61 Å². The largest absolute Gasteiger partial charge is 0.381 e. The predicted octanol–water partition coefficient (Wildman–Crippen LogP) is 2.66. The SMILES string of the molecule is CCCc1cc(Cl)nc(CCOCC)n1. The lowest BCUT2D eigenvalue weighted by Gasteiger charge is -2.04. The lowest BCUT2D eigenvalue weighted by Crippen LogP contribution is -2.05. The van der Waals surface area contributed by atoms with E-state index < -0.39 is 0 Å². The highest BCUT2D eigenvalue weighted by molar-refractivity contribution is 6.29. The van der Waals surface area contributed by atoms with E-state index in [0.29, 0.717) is 11.8 Å². The second-order valence-corrected chi connectivity index (χ2v) is 3.68. The molecule has 1 rings (SSSR count). The van der Waals surface area contributed by atoms with E-state index in [9.17, 15) is 0 Å². The van der Waals surface area contributed by atoms with E-state index in [1.165, 1.54) is 0 Å².